The molecule has 402 valence electrons. The smallest absolute Gasteiger partial charge is 0.220 e. The Bertz CT molecular complexity index is 1340. The third kappa shape index (κ3) is 28.1. The summed E-state index contributed by atoms with van der Waals surface area (Å²) in [5, 5.41) is 87.0. The summed E-state index contributed by atoms with van der Waals surface area (Å²) in [5.41, 5.74) is 0. The fourth-order valence-electron chi connectivity index (χ4n) is 8.87. The number of aliphatic hydroxyl groups is 8. The molecule has 12 atom stereocenters. The van der Waals surface area contributed by atoms with Gasteiger partial charge in [0.15, 0.2) is 12.6 Å². The molecule has 2 heterocycles. The molecule has 2 saturated heterocycles. The predicted octanol–water partition coefficient (Wildman–Crippen LogP) is 8.05. The van der Waals surface area contributed by atoms with Gasteiger partial charge in [-0.1, -0.05) is 191 Å². The minimum absolute atomic E-state index is 0.217. The van der Waals surface area contributed by atoms with Gasteiger partial charge in [-0.05, 0) is 51.4 Å². The summed E-state index contributed by atoms with van der Waals surface area (Å²) in [6, 6.07) is -0.834. The first kappa shape index (κ1) is 63.1. The maximum absolute atomic E-state index is 13.2. The summed E-state index contributed by atoms with van der Waals surface area (Å²) >= 11 is 0. The van der Waals surface area contributed by atoms with E-state index < -0.39 is 86.8 Å². The Balaban J connectivity index is 1.79. The number of amides is 1. The highest BCUT2D eigenvalue weighted by Crippen LogP contribution is 2.30. The van der Waals surface area contributed by atoms with Crippen LogP contribution in [0.4, 0.5) is 0 Å². The Labute approximate surface area is 416 Å². The SMILES string of the molecule is CC/C=C\C/C=C\C/C=C\C/C=C\CCCCCCCCCCC(=O)NC(COC1OC(CO)C(OC2OC(CO)C(O)C(O)C2O)C(O)C1O)C(O)CCCCCCCCCCCCCCCC. The van der Waals surface area contributed by atoms with Gasteiger partial charge in [-0.2, -0.15) is 0 Å². The molecular weight excluding hydrogens is 883 g/mol. The van der Waals surface area contributed by atoms with Crippen LogP contribution in [0.1, 0.15) is 200 Å². The van der Waals surface area contributed by atoms with Crippen molar-refractivity contribution in [3.05, 3.63) is 48.6 Å². The molecule has 0 aromatic carbocycles. The van der Waals surface area contributed by atoms with E-state index in [2.05, 4.69) is 67.8 Å². The summed E-state index contributed by atoms with van der Waals surface area (Å²) in [6.07, 6.45) is 32.4. The Morgan fingerprint density at radius 3 is 1.54 bits per heavy atom. The van der Waals surface area contributed by atoms with Crippen LogP contribution in [0, 0.1) is 0 Å². The lowest BCUT2D eigenvalue weighted by atomic mass is 9.97. The quantitative estimate of drug-likeness (QED) is 0.0209. The van der Waals surface area contributed by atoms with E-state index >= 15 is 0 Å². The number of carbonyl (C=O) groups excluding carboxylic acids is 1. The van der Waals surface area contributed by atoms with Crippen LogP contribution in [-0.2, 0) is 23.7 Å². The standard InChI is InChI=1S/C55H99NO13/c1-3-5-7-9-11-13-15-17-19-20-21-22-23-24-25-27-29-31-33-35-37-39-47(60)56-43(44(59)38-36-34-32-30-28-26-18-16-14-12-10-8-6-4-2)42-66-54-52(65)50(63)53(46(41-58)68-54)69-55-51(64)49(62)48(61)45(40-57)67-55/h5,7,11,13,17,19,21-22,43-46,48-55,57-59,61-65H,3-4,6,8-10,12,14-16,18,20,23-42H2,1-2H3,(H,56,60)/b7-5-,13-11-,19-17-,22-21-. The average molecular weight is 982 g/mol. The predicted molar refractivity (Wildman–Crippen MR) is 272 cm³/mol. The van der Waals surface area contributed by atoms with Gasteiger partial charge in [0, 0.05) is 6.42 Å². The summed E-state index contributed by atoms with van der Waals surface area (Å²) in [4.78, 5) is 13.2. The Morgan fingerprint density at radius 2 is 1.00 bits per heavy atom. The first-order chi connectivity index (χ1) is 33.6. The van der Waals surface area contributed by atoms with E-state index in [1.165, 1.54) is 89.9 Å². The summed E-state index contributed by atoms with van der Waals surface area (Å²) in [5.74, 6) is -0.217. The molecule has 0 saturated carbocycles. The van der Waals surface area contributed by atoms with Gasteiger partial charge < -0.3 is 65.1 Å². The van der Waals surface area contributed by atoms with E-state index in [0.29, 0.717) is 19.3 Å². The minimum atomic E-state index is -1.78. The number of hydrogen-bond donors (Lipinski definition) is 9. The van der Waals surface area contributed by atoms with Gasteiger partial charge in [0.05, 0.1) is 32.0 Å². The van der Waals surface area contributed by atoms with Crippen molar-refractivity contribution in [2.75, 3.05) is 19.8 Å². The molecule has 14 heteroatoms. The molecule has 2 aliphatic rings. The summed E-state index contributed by atoms with van der Waals surface area (Å²) in [6.45, 7) is 2.73. The lowest BCUT2D eigenvalue weighted by molar-refractivity contribution is -0.359. The zero-order valence-corrected chi connectivity index (χ0v) is 42.8. The maximum atomic E-state index is 13.2. The molecule has 0 aromatic rings. The van der Waals surface area contributed by atoms with E-state index in [1.807, 2.05) is 0 Å². The molecular formula is C55H99NO13. The number of carbonyl (C=O) groups is 1. The molecule has 12 unspecified atom stereocenters. The third-order valence-electron chi connectivity index (χ3n) is 13.3. The van der Waals surface area contributed by atoms with Crippen molar-refractivity contribution in [3.8, 4) is 0 Å². The zero-order chi connectivity index (χ0) is 50.3. The topological polar surface area (TPSA) is 228 Å². The molecule has 14 nitrogen and oxygen atoms in total. The largest absolute Gasteiger partial charge is 0.394 e. The highest BCUT2D eigenvalue weighted by Gasteiger charge is 2.51. The highest BCUT2D eigenvalue weighted by atomic mass is 16.7. The third-order valence-corrected chi connectivity index (χ3v) is 13.3. The molecule has 0 spiro atoms. The zero-order valence-electron chi connectivity index (χ0n) is 42.8. The number of aliphatic hydroxyl groups excluding tert-OH is 8. The van der Waals surface area contributed by atoms with Crippen LogP contribution < -0.4 is 5.32 Å². The number of rotatable bonds is 42. The molecule has 2 rings (SSSR count). The van der Waals surface area contributed by atoms with Crippen LogP contribution in [0.5, 0.6) is 0 Å². The Kier molecular flexibility index (Phi) is 37.9. The van der Waals surface area contributed by atoms with Gasteiger partial charge in [-0.3, -0.25) is 4.79 Å². The molecule has 2 fully saturated rings. The van der Waals surface area contributed by atoms with Crippen LogP contribution in [0.3, 0.4) is 0 Å². The summed E-state index contributed by atoms with van der Waals surface area (Å²) < 4.78 is 22.8. The lowest BCUT2D eigenvalue weighted by Crippen LogP contribution is -2.65. The lowest BCUT2D eigenvalue weighted by Gasteiger charge is -2.46. The van der Waals surface area contributed by atoms with Gasteiger partial charge in [0.2, 0.25) is 5.91 Å². The van der Waals surface area contributed by atoms with Crippen LogP contribution in [0.15, 0.2) is 48.6 Å². The number of nitrogens with one attached hydrogen (secondary N) is 1. The van der Waals surface area contributed by atoms with Crippen molar-refractivity contribution < 1.29 is 64.6 Å². The van der Waals surface area contributed by atoms with Crippen molar-refractivity contribution in [1.82, 2.24) is 5.32 Å². The molecule has 2 aliphatic heterocycles. The van der Waals surface area contributed by atoms with Gasteiger partial charge >= 0.3 is 0 Å². The molecule has 0 aliphatic carbocycles. The van der Waals surface area contributed by atoms with Gasteiger partial charge in [-0.25, -0.2) is 0 Å². The van der Waals surface area contributed by atoms with Crippen molar-refractivity contribution in [1.29, 1.82) is 0 Å². The molecule has 1 amide bonds. The van der Waals surface area contributed by atoms with Crippen LogP contribution in [0.2, 0.25) is 0 Å². The second kappa shape index (κ2) is 41.4. The van der Waals surface area contributed by atoms with Crippen LogP contribution >= 0.6 is 0 Å². The average Bonchev–Trinajstić information content (AvgIpc) is 3.35. The van der Waals surface area contributed by atoms with E-state index in [0.717, 1.165) is 77.0 Å². The number of ether oxygens (including phenoxy) is 4. The van der Waals surface area contributed by atoms with Crippen LogP contribution in [0.25, 0.3) is 0 Å². The van der Waals surface area contributed by atoms with Gasteiger partial charge in [0.1, 0.15) is 48.8 Å². The molecule has 0 bridgehead atoms. The van der Waals surface area contributed by atoms with E-state index in [-0.39, 0.29) is 12.5 Å². The molecule has 0 aromatic heterocycles. The molecule has 69 heavy (non-hydrogen) atoms. The second-order valence-electron chi connectivity index (χ2n) is 19.3. The fourth-order valence-corrected chi connectivity index (χ4v) is 8.87. The number of unbranched alkanes of at least 4 members (excludes halogenated alkanes) is 21. The van der Waals surface area contributed by atoms with E-state index in [1.54, 1.807) is 0 Å². The first-order valence-corrected chi connectivity index (χ1v) is 27.4. The highest BCUT2D eigenvalue weighted by molar-refractivity contribution is 5.76. The number of hydrogen-bond acceptors (Lipinski definition) is 13. The van der Waals surface area contributed by atoms with Crippen molar-refractivity contribution >= 4 is 5.91 Å². The molecule has 9 N–H and O–H groups in total. The second-order valence-corrected chi connectivity index (χ2v) is 19.3. The summed E-state index contributed by atoms with van der Waals surface area (Å²) in [7, 11) is 0. The fraction of sp³-hybridized carbons (Fsp3) is 0.836. The number of allylic oxidation sites excluding steroid dienone is 8. The van der Waals surface area contributed by atoms with Gasteiger partial charge in [-0.15, -0.1) is 0 Å². The molecule has 0 radical (unpaired) electrons. The normalized spacial score (nSPS) is 26.5. The van der Waals surface area contributed by atoms with E-state index in [9.17, 15) is 45.6 Å². The van der Waals surface area contributed by atoms with Crippen molar-refractivity contribution in [3.63, 3.8) is 0 Å². The minimum Gasteiger partial charge on any atom is -0.394 e. The van der Waals surface area contributed by atoms with E-state index in [4.69, 9.17) is 18.9 Å². The monoisotopic (exact) mass is 982 g/mol. The Morgan fingerprint density at radius 1 is 0.536 bits per heavy atom. The van der Waals surface area contributed by atoms with Crippen LogP contribution in [-0.4, -0.2) is 140 Å². The van der Waals surface area contributed by atoms with Gasteiger partial charge in [0.25, 0.3) is 0 Å². The van der Waals surface area contributed by atoms with Crippen molar-refractivity contribution in [2.24, 2.45) is 0 Å². The maximum Gasteiger partial charge on any atom is 0.220 e. The first-order valence-electron chi connectivity index (χ1n) is 27.4. The van der Waals surface area contributed by atoms with Crippen molar-refractivity contribution in [2.45, 2.75) is 274 Å². The Hall–Kier alpha value is -2.05.